The zero-order valence-electron chi connectivity index (χ0n) is 14.9. The van der Waals surface area contributed by atoms with E-state index in [1.54, 1.807) is 0 Å². The standard InChI is InChI=1S/C20H28N4O/c1-2-15(19-22-16-8-3-4-9-17(16)23-19)24-20(25)14-10-12-6-5-7-13(11-14)18(12)21/h3-4,8-9,12-15,18H,2,5-7,10-11,21H2,1H3,(H,22,23)(H,24,25). The molecule has 4 N–H and O–H groups in total. The number of nitrogens with two attached hydrogens (primary N) is 1. The van der Waals surface area contributed by atoms with Crippen LogP contribution in [-0.4, -0.2) is 21.9 Å². The second-order valence-electron chi connectivity index (χ2n) is 7.81. The van der Waals surface area contributed by atoms with Crippen molar-refractivity contribution in [2.75, 3.05) is 0 Å². The van der Waals surface area contributed by atoms with Crippen LogP contribution in [0.25, 0.3) is 11.0 Å². The summed E-state index contributed by atoms with van der Waals surface area (Å²) < 4.78 is 0. The molecule has 2 fully saturated rings. The molecule has 2 aromatic rings. The van der Waals surface area contributed by atoms with Crippen molar-refractivity contribution in [3.63, 3.8) is 0 Å². The average Bonchev–Trinajstić information content (AvgIpc) is 3.03. The van der Waals surface area contributed by atoms with Gasteiger partial charge in [-0.15, -0.1) is 0 Å². The quantitative estimate of drug-likeness (QED) is 0.798. The summed E-state index contributed by atoms with van der Waals surface area (Å²) in [5.41, 5.74) is 8.33. The van der Waals surface area contributed by atoms with Crippen LogP contribution in [0.15, 0.2) is 24.3 Å². The molecule has 25 heavy (non-hydrogen) atoms. The smallest absolute Gasteiger partial charge is 0.223 e. The molecule has 0 radical (unpaired) electrons. The fourth-order valence-electron chi connectivity index (χ4n) is 4.79. The third-order valence-electron chi connectivity index (χ3n) is 6.25. The SMILES string of the molecule is CCC(NC(=O)C1CC2CCCC(C1)C2N)c1nc2ccccc2[nH]1. The Morgan fingerprint density at radius 2 is 2.04 bits per heavy atom. The number of fused-ring (bicyclic) bond motifs is 3. The first-order chi connectivity index (χ1) is 12.2. The molecule has 2 saturated carbocycles. The average molecular weight is 340 g/mol. The zero-order valence-corrected chi connectivity index (χ0v) is 14.9. The van der Waals surface area contributed by atoms with Gasteiger partial charge < -0.3 is 16.0 Å². The van der Waals surface area contributed by atoms with Crippen LogP contribution in [0, 0.1) is 17.8 Å². The molecule has 3 atom stereocenters. The number of rotatable bonds is 4. The van der Waals surface area contributed by atoms with Gasteiger partial charge in [0, 0.05) is 12.0 Å². The lowest BCUT2D eigenvalue weighted by Gasteiger charge is -2.43. The lowest BCUT2D eigenvalue weighted by molar-refractivity contribution is -0.128. The van der Waals surface area contributed by atoms with Crippen LogP contribution in [0.1, 0.15) is 57.3 Å². The molecule has 2 aliphatic rings. The topological polar surface area (TPSA) is 83.8 Å². The Hall–Kier alpha value is -1.88. The molecule has 134 valence electrons. The third kappa shape index (κ3) is 3.17. The van der Waals surface area contributed by atoms with E-state index < -0.39 is 0 Å². The molecule has 5 nitrogen and oxygen atoms in total. The molecule has 1 amide bonds. The largest absolute Gasteiger partial charge is 0.346 e. The van der Waals surface area contributed by atoms with Crippen molar-refractivity contribution in [2.45, 2.75) is 57.5 Å². The molecule has 1 aromatic carbocycles. The van der Waals surface area contributed by atoms with Crippen LogP contribution in [0.2, 0.25) is 0 Å². The normalized spacial score (nSPS) is 30.2. The second-order valence-corrected chi connectivity index (χ2v) is 7.81. The summed E-state index contributed by atoms with van der Waals surface area (Å²) in [7, 11) is 0. The minimum atomic E-state index is -0.0599. The summed E-state index contributed by atoms with van der Waals surface area (Å²) in [5, 5.41) is 3.24. The Morgan fingerprint density at radius 3 is 2.72 bits per heavy atom. The number of hydrogen-bond donors (Lipinski definition) is 3. The lowest BCUT2D eigenvalue weighted by Crippen LogP contribution is -2.49. The molecular formula is C20H28N4O. The van der Waals surface area contributed by atoms with Gasteiger partial charge in [-0.1, -0.05) is 25.5 Å². The molecule has 2 bridgehead atoms. The number of aromatic nitrogens is 2. The van der Waals surface area contributed by atoms with E-state index in [0.29, 0.717) is 17.9 Å². The van der Waals surface area contributed by atoms with E-state index in [4.69, 9.17) is 5.73 Å². The van der Waals surface area contributed by atoms with Crippen molar-refractivity contribution in [3.8, 4) is 0 Å². The van der Waals surface area contributed by atoms with E-state index in [1.807, 2.05) is 24.3 Å². The maximum atomic E-state index is 12.9. The van der Waals surface area contributed by atoms with Crippen molar-refractivity contribution >= 4 is 16.9 Å². The second kappa shape index (κ2) is 6.79. The molecule has 4 rings (SSSR count). The van der Waals surface area contributed by atoms with Crippen molar-refractivity contribution in [3.05, 3.63) is 30.1 Å². The summed E-state index contributed by atoms with van der Waals surface area (Å²) in [6.45, 7) is 2.09. The van der Waals surface area contributed by atoms with Crippen LogP contribution < -0.4 is 11.1 Å². The van der Waals surface area contributed by atoms with Gasteiger partial charge in [0.25, 0.3) is 0 Å². The van der Waals surface area contributed by atoms with Gasteiger partial charge in [0.2, 0.25) is 5.91 Å². The number of nitrogens with zero attached hydrogens (tertiary/aromatic N) is 1. The van der Waals surface area contributed by atoms with Gasteiger partial charge in [0.1, 0.15) is 5.82 Å². The molecule has 3 unspecified atom stereocenters. The number of benzene rings is 1. The number of hydrogen-bond acceptors (Lipinski definition) is 3. The van der Waals surface area contributed by atoms with E-state index in [-0.39, 0.29) is 17.9 Å². The third-order valence-corrected chi connectivity index (χ3v) is 6.25. The minimum absolute atomic E-state index is 0.0599. The first-order valence-corrected chi connectivity index (χ1v) is 9.66. The first kappa shape index (κ1) is 16.6. The van der Waals surface area contributed by atoms with Gasteiger partial charge in [0.15, 0.2) is 0 Å². The Labute approximate surface area is 148 Å². The molecule has 0 spiro atoms. The predicted molar refractivity (Wildman–Crippen MR) is 98.8 cm³/mol. The van der Waals surface area contributed by atoms with Crippen molar-refractivity contribution in [1.29, 1.82) is 0 Å². The van der Waals surface area contributed by atoms with Crippen molar-refractivity contribution in [2.24, 2.45) is 23.5 Å². The van der Waals surface area contributed by atoms with Crippen molar-refractivity contribution < 1.29 is 4.79 Å². The molecular weight excluding hydrogens is 312 g/mol. The first-order valence-electron chi connectivity index (χ1n) is 9.66. The number of amides is 1. The fraction of sp³-hybridized carbons (Fsp3) is 0.600. The number of imidazole rings is 1. The molecule has 0 aliphatic heterocycles. The summed E-state index contributed by atoms with van der Waals surface area (Å²) in [6.07, 6.45) is 6.35. The minimum Gasteiger partial charge on any atom is -0.346 e. The van der Waals surface area contributed by atoms with Crippen LogP contribution in [0.3, 0.4) is 0 Å². The fourth-order valence-corrected chi connectivity index (χ4v) is 4.79. The highest BCUT2D eigenvalue weighted by atomic mass is 16.2. The number of H-pyrrole nitrogens is 1. The summed E-state index contributed by atoms with van der Waals surface area (Å²) in [4.78, 5) is 20.9. The highest BCUT2D eigenvalue weighted by Crippen LogP contribution is 2.42. The monoisotopic (exact) mass is 340 g/mol. The van der Waals surface area contributed by atoms with E-state index in [9.17, 15) is 4.79 Å². The molecule has 2 aliphatic carbocycles. The molecule has 0 saturated heterocycles. The Balaban J connectivity index is 1.47. The Morgan fingerprint density at radius 1 is 1.32 bits per heavy atom. The zero-order chi connectivity index (χ0) is 17.4. The summed E-state index contributed by atoms with van der Waals surface area (Å²) >= 11 is 0. The van der Waals surface area contributed by atoms with E-state index in [2.05, 4.69) is 22.2 Å². The maximum Gasteiger partial charge on any atom is 0.223 e. The molecule has 1 heterocycles. The lowest BCUT2D eigenvalue weighted by atomic mass is 9.65. The molecule has 1 aromatic heterocycles. The van der Waals surface area contributed by atoms with Gasteiger partial charge in [0.05, 0.1) is 17.1 Å². The van der Waals surface area contributed by atoms with Crippen LogP contribution in [0.5, 0.6) is 0 Å². The number of carbonyl (C=O) groups is 1. The highest BCUT2D eigenvalue weighted by molar-refractivity contribution is 5.79. The summed E-state index contributed by atoms with van der Waals surface area (Å²) in [5.74, 6) is 2.18. The van der Waals surface area contributed by atoms with Crippen LogP contribution >= 0.6 is 0 Å². The van der Waals surface area contributed by atoms with Gasteiger partial charge in [-0.05, 0) is 56.1 Å². The van der Waals surface area contributed by atoms with Gasteiger partial charge in [-0.2, -0.15) is 0 Å². The highest BCUT2D eigenvalue weighted by Gasteiger charge is 2.40. The predicted octanol–water partition coefficient (Wildman–Crippen LogP) is 3.28. The van der Waals surface area contributed by atoms with E-state index in [1.165, 1.54) is 19.3 Å². The molecule has 5 heteroatoms. The Bertz CT molecular complexity index is 708. The number of nitrogens with one attached hydrogen (secondary N) is 2. The van der Waals surface area contributed by atoms with Gasteiger partial charge in [-0.3, -0.25) is 4.79 Å². The number of carbonyl (C=O) groups excluding carboxylic acids is 1. The van der Waals surface area contributed by atoms with E-state index in [0.717, 1.165) is 36.1 Å². The van der Waals surface area contributed by atoms with E-state index >= 15 is 0 Å². The van der Waals surface area contributed by atoms with Crippen LogP contribution in [-0.2, 0) is 4.79 Å². The number of para-hydroxylation sites is 2. The van der Waals surface area contributed by atoms with Crippen LogP contribution in [0.4, 0.5) is 0 Å². The van der Waals surface area contributed by atoms with Gasteiger partial charge in [-0.25, -0.2) is 4.98 Å². The Kier molecular flexibility index (Phi) is 4.50. The van der Waals surface area contributed by atoms with Crippen molar-refractivity contribution in [1.82, 2.24) is 15.3 Å². The summed E-state index contributed by atoms with van der Waals surface area (Å²) in [6, 6.07) is 8.23. The number of aromatic amines is 1. The maximum absolute atomic E-state index is 12.9. The van der Waals surface area contributed by atoms with Gasteiger partial charge >= 0.3 is 0 Å².